The SMILES string of the molecule is O=C(COc1ccc(Cl)c(Cl)c1)N1CCCc2ccccc21. The van der Waals surface area contributed by atoms with Gasteiger partial charge in [0, 0.05) is 18.3 Å². The summed E-state index contributed by atoms with van der Waals surface area (Å²) in [7, 11) is 0. The van der Waals surface area contributed by atoms with E-state index in [1.807, 2.05) is 18.2 Å². The van der Waals surface area contributed by atoms with E-state index in [-0.39, 0.29) is 12.5 Å². The molecule has 0 saturated carbocycles. The van der Waals surface area contributed by atoms with E-state index >= 15 is 0 Å². The van der Waals surface area contributed by atoms with Crippen LogP contribution in [0.15, 0.2) is 42.5 Å². The molecule has 0 aromatic heterocycles. The molecule has 1 heterocycles. The highest BCUT2D eigenvalue weighted by Crippen LogP contribution is 2.28. The van der Waals surface area contributed by atoms with Crippen molar-refractivity contribution < 1.29 is 9.53 Å². The van der Waals surface area contributed by atoms with E-state index in [9.17, 15) is 4.79 Å². The summed E-state index contributed by atoms with van der Waals surface area (Å²) < 4.78 is 5.54. The molecule has 1 amide bonds. The smallest absolute Gasteiger partial charge is 0.264 e. The van der Waals surface area contributed by atoms with Crippen molar-refractivity contribution in [1.82, 2.24) is 0 Å². The van der Waals surface area contributed by atoms with Crippen LogP contribution in [-0.2, 0) is 11.2 Å². The number of fused-ring (bicyclic) bond motifs is 1. The van der Waals surface area contributed by atoms with E-state index in [4.69, 9.17) is 27.9 Å². The van der Waals surface area contributed by atoms with Crippen molar-refractivity contribution in [2.45, 2.75) is 12.8 Å². The number of anilines is 1. The van der Waals surface area contributed by atoms with E-state index < -0.39 is 0 Å². The van der Waals surface area contributed by atoms with E-state index in [1.54, 1.807) is 23.1 Å². The number of carbonyl (C=O) groups is 1. The summed E-state index contributed by atoms with van der Waals surface area (Å²) in [6.45, 7) is 0.701. The van der Waals surface area contributed by atoms with Crippen molar-refractivity contribution in [3.8, 4) is 5.75 Å². The molecule has 3 rings (SSSR count). The Morgan fingerprint density at radius 1 is 1.14 bits per heavy atom. The van der Waals surface area contributed by atoms with E-state index in [1.165, 1.54) is 5.56 Å². The Balaban J connectivity index is 1.69. The monoisotopic (exact) mass is 335 g/mol. The second-order valence-electron chi connectivity index (χ2n) is 5.14. The molecule has 2 aromatic carbocycles. The van der Waals surface area contributed by atoms with E-state index in [0.29, 0.717) is 15.8 Å². The maximum absolute atomic E-state index is 12.4. The van der Waals surface area contributed by atoms with Crippen LogP contribution in [0.4, 0.5) is 5.69 Å². The maximum atomic E-state index is 12.4. The average Bonchev–Trinajstić information content (AvgIpc) is 2.55. The van der Waals surface area contributed by atoms with Gasteiger partial charge in [0.05, 0.1) is 10.0 Å². The molecule has 0 unspecified atom stereocenters. The Morgan fingerprint density at radius 2 is 1.95 bits per heavy atom. The summed E-state index contributed by atoms with van der Waals surface area (Å²) in [5.41, 5.74) is 2.19. The molecule has 0 bridgehead atoms. The minimum atomic E-state index is -0.0572. The third-order valence-corrected chi connectivity index (χ3v) is 4.40. The van der Waals surface area contributed by atoms with Gasteiger partial charge in [0.2, 0.25) is 0 Å². The highest BCUT2D eigenvalue weighted by Gasteiger charge is 2.22. The molecule has 0 fully saturated rings. The van der Waals surface area contributed by atoms with Gasteiger partial charge in [0.15, 0.2) is 6.61 Å². The van der Waals surface area contributed by atoms with Crippen LogP contribution in [0.3, 0.4) is 0 Å². The topological polar surface area (TPSA) is 29.5 Å². The van der Waals surface area contributed by atoms with Crippen molar-refractivity contribution in [3.63, 3.8) is 0 Å². The van der Waals surface area contributed by atoms with Gasteiger partial charge in [-0.3, -0.25) is 4.79 Å². The number of hydrogen-bond acceptors (Lipinski definition) is 2. The van der Waals surface area contributed by atoms with Crippen LogP contribution < -0.4 is 9.64 Å². The zero-order chi connectivity index (χ0) is 15.5. The molecule has 0 N–H and O–H groups in total. The van der Waals surface area contributed by atoms with Gasteiger partial charge in [-0.2, -0.15) is 0 Å². The van der Waals surface area contributed by atoms with Crippen LogP contribution in [0.1, 0.15) is 12.0 Å². The van der Waals surface area contributed by atoms with Gasteiger partial charge >= 0.3 is 0 Å². The first kappa shape index (κ1) is 15.2. The summed E-state index contributed by atoms with van der Waals surface area (Å²) in [5.74, 6) is 0.478. The fraction of sp³-hybridized carbons (Fsp3) is 0.235. The maximum Gasteiger partial charge on any atom is 0.264 e. The summed E-state index contributed by atoms with van der Waals surface area (Å²) >= 11 is 11.8. The lowest BCUT2D eigenvalue weighted by Crippen LogP contribution is -2.38. The molecule has 3 nitrogen and oxygen atoms in total. The summed E-state index contributed by atoms with van der Waals surface area (Å²) in [5, 5.41) is 0.875. The Morgan fingerprint density at radius 3 is 2.77 bits per heavy atom. The van der Waals surface area contributed by atoms with Gasteiger partial charge in [0.25, 0.3) is 5.91 Å². The molecule has 1 aliphatic rings. The lowest BCUT2D eigenvalue weighted by molar-refractivity contribution is -0.120. The molecule has 0 saturated heterocycles. The number of hydrogen-bond donors (Lipinski definition) is 0. The van der Waals surface area contributed by atoms with Crippen LogP contribution >= 0.6 is 23.2 Å². The number of amides is 1. The van der Waals surface area contributed by atoms with Gasteiger partial charge in [-0.15, -0.1) is 0 Å². The highest BCUT2D eigenvalue weighted by atomic mass is 35.5. The molecular weight excluding hydrogens is 321 g/mol. The van der Waals surface area contributed by atoms with Gasteiger partial charge in [0.1, 0.15) is 5.75 Å². The molecule has 5 heteroatoms. The number of aryl methyl sites for hydroxylation is 1. The van der Waals surface area contributed by atoms with Gasteiger partial charge in [-0.25, -0.2) is 0 Å². The molecule has 114 valence electrons. The molecule has 0 spiro atoms. The lowest BCUT2D eigenvalue weighted by Gasteiger charge is -2.29. The fourth-order valence-corrected chi connectivity index (χ4v) is 2.87. The number of rotatable bonds is 3. The summed E-state index contributed by atoms with van der Waals surface area (Å²) in [6, 6.07) is 13.0. The number of carbonyl (C=O) groups excluding carboxylic acids is 1. The number of halogens is 2. The first-order valence-electron chi connectivity index (χ1n) is 7.11. The van der Waals surface area contributed by atoms with Crippen LogP contribution in [-0.4, -0.2) is 19.1 Å². The molecule has 0 aliphatic carbocycles. The zero-order valence-corrected chi connectivity index (χ0v) is 13.4. The quantitative estimate of drug-likeness (QED) is 0.834. The predicted octanol–water partition coefficient (Wildman–Crippen LogP) is 4.35. The number of ether oxygens (including phenoxy) is 1. The van der Waals surface area contributed by atoms with Crippen molar-refractivity contribution in [1.29, 1.82) is 0 Å². The van der Waals surface area contributed by atoms with Crippen molar-refractivity contribution in [2.24, 2.45) is 0 Å². The Bertz CT molecular complexity index is 703. The average molecular weight is 336 g/mol. The first-order valence-corrected chi connectivity index (χ1v) is 7.87. The van der Waals surface area contributed by atoms with Crippen LogP contribution in [0.5, 0.6) is 5.75 Å². The predicted molar refractivity (Wildman–Crippen MR) is 89.1 cm³/mol. The van der Waals surface area contributed by atoms with Crippen molar-refractivity contribution in [2.75, 3.05) is 18.1 Å². The van der Waals surface area contributed by atoms with Crippen molar-refractivity contribution >= 4 is 34.8 Å². The van der Waals surface area contributed by atoms with E-state index in [2.05, 4.69) is 6.07 Å². The summed E-state index contributed by atoms with van der Waals surface area (Å²) in [4.78, 5) is 14.2. The molecule has 1 aliphatic heterocycles. The molecule has 22 heavy (non-hydrogen) atoms. The molecular formula is C17H15Cl2NO2. The second-order valence-corrected chi connectivity index (χ2v) is 5.96. The minimum Gasteiger partial charge on any atom is -0.484 e. The number of benzene rings is 2. The molecule has 0 atom stereocenters. The number of nitrogens with zero attached hydrogens (tertiary/aromatic N) is 1. The Hall–Kier alpha value is -1.71. The standard InChI is InChI=1S/C17H15Cl2NO2/c18-14-8-7-13(10-15(14)19)22-11-17(21)20-9-3-5-12-4-1-2-6-16(12)20/h1-2,4,6-8,10H,3,5,9,11H2. The Labute approximate surface area is 139 Å². The first-order chi connectivity index (χ1) is 10.6. The normalized spacial score (nSPS) is 13.6. The van der Waals surface area contributed by atoms with Gasteiger partial charge in [-0.1, -0.05) is 41.4 Å². The van der Waals surface area contributed by atoms with Gasteiger partial charge in [-0.05, 0) is 36.6 Å². The van der Waals surface area contributed by atoms with Crippen molar-refractivity contribution in [3.05, 3.63) is 58.1 Å². The molecule has 0 radical (unpaired) electrons. The van der Waals surface area contributed by atoms with Crippen LogP contribution in [0, 0.1) is 0 Å². The minimum absolute atomic E-state index is 0.0215. The Kier molecular flexibility index (Phi) is 4.55. The highest BCUT2D eigenvalue weighted by molar-refractivity contribution is 6.42. The third kappa shape index (κ3) is 3.21. The van der Waals surface area contributed by atoms with Gasteiger partial charge < -0.3 is 9.64 Å². The fourth-order valence-electron chi connectivity index (χ4n) is 2.58. The van der Waals surface area contributed by atoms with Crippen LogP contribution in [0.25, 0.3) is 0 Å². The second kappa shape index (κ2) is 6.59. The molecule has 2 aromatic rings. The third-order valence-electron chi connectivity index (χ3n) is 3.66. The largest absolute Gasteiger partial charge is 0.484 e. The van der Waals surface area contributed by atoms with E-state index in [0.717, 1.165) is 25.1 Å². The zero-order valence-electron chi connectivity index (χ0n) is 11.9. The lowest BCUT2D eigenvalue weighted by atomic mass is 10.0. The van der Waals surface area contributed by atoms with Crippen LogP contribution in [0.2, 0.25) is 10.0 Å². The summed E-state index contributed by atoms with van der Waals surface area (Å²) in [6.07, 6.45) is 1.98. The number of para-hydroxylation sites is 1.